The average Bonchev–Trinajstić information content (AvgIpc) is 2.85. The van der Waals surface area contributed by atoms with Crippen molar-refractivity contribution < 1.29 is 12.8 Å². The zero-order chi connectivity index (χ0) is 15.0. The van der Waals surface area contributed by atoms with Gasteiger partial charge in [0.05, 0.1) is 11.7 Å². The second-order valence-corrected chi connectivity index (χ2v) is 6.86. The zero-order valence-electron chi connectivity index (χ0n) is 10.5. The van der Waals surface area contributed by atoms with Crippen LogP contribution in [0, 0.1) is 5.82 Å². The van der Waals surface area contributed by atoms with Gasteiger partial charge in [0.2, 0.25) is 0 Å². The Hall–Kier alpha value is -1.93. The number of hydrogen-bond acceptors (Lipinski definition) is 3. The lowest BCUT2D eigenvalue weighted by Gasteiger charge is -2.09. The number of rotatable bonds is 3. The van der Waals surface area contributed by atoms with E-state index in [9.17, 15) is 12.8 Å². The molecular formula is C13H9BrFN3O2S. The number of aromatic amines is 1. The third kappa shape index (κ3) is 2.77. The number of anilines is 1. The Kier molecular flexibility index (Phi) is 3.42. The van der Waals surface area contributed by atoms with Crippen LogP contribution >= 0.6 is 15.9 Å². The predicted molar refractivity (Wildman–Crippen MR) is 81.0 cm³/mol. The van der Waals surface area contributed by atoms with Gasteiger partial charge >= 0.3 is 0 Å². The highest BCUT2D eigenvalue weighted by Gasteiger charge is 2.18. The summed E-state index contributed by atoms with van der Waals surface area (Å²) in [6.45, 7) is 0. The fraction of sp³-hybridized carbons (Fsp3) is 0. The van der Waals surface area contributed by atoms with Gasteiger partial charge in [-0.15, -0.1) is 0 Å². The third-order valence-corrected chi connectivity index (χ3v) is 5.23. The van der Waals surface area contributed by atoms with Crippen molar-refractivity contribution >= 4 is 42.5 Å². The molecule has 0 atom stereocenters. The molecule has 2 aromatic carbocycles. The van der Waals surface area contributed by atoms with Crippen molar-refractivity contribution in [2.24, 2.45) is 0 Å². The van der Waals surface area contributed by atoms with E-state index in [1.165, 1.54) is 6.07 Å². The van der Waals surface area contributed by atoms with Crippen LogP contribution < -0.4 is 4.72 Å². The number of nitrogens with one attached hydrogen (secondary N) is 2. The van der Waals surface area contributed by atoms with Crippen LogP contribution in [0.1, 0.15) is 0 Å². The molecular weight excluding hydrogens is 361 g/mol. The summed E-state index contributed by atoms with van der Waals surface area (Å²) < 4.78 is 40.3. The van der Waals surface area contributed by atoms with Crippen LogP contribution in [0.3, 0.4) is 0 Å². The first kappa shape index (κ1) is 14.0. The Morgan fingerprint density at radius 1 is 1.19 bits per heavy atom. The van der Waals surface area contributed by atoms with Crippen LogP contribution in [-0.2, 0) is 10.0 Å². The molecule has 0 aliphatic rings. The van der Waals surface area contributed by atoms with Crippen molar-refractivity contribution in [2.45, 2.75) is 4.90 Å². The van der Waals surface area contributed by atoms with Crippen LogP contribution in [-0.4, -0.2) is 18.6 Å². The monoisotopic (exact) mass is 369 g/mol. The lowest BCUT2D eigenvalue weighted by atomic mass is 10.2. The molecule has 3 rings (SSSR count). The maximum Gasteiger partial charge on any atom is 0.263 e. The highest BCUT2D eigenvalue weighted by atomic mass is 79.9. The molecule has 5 nitrogen and oxygen atoms in total. The van der Waals surface area contributed by atoms with E-state index in [1.807, 2.05) is 0 Å². The normalized spacial score (nSPS) is 11.7. The maximum absolute atomic E-state index is 13.0. The molecule has 8 heteroatoms. The summed E-state index contributed by atoms with van der Waals surface area (Å²) in [6.07, 6.45) is 1.60. The van der Waals surface area contributed by atoms with Gasteiger partial charge in [0.15, 0.2) is 0 Å². The minimum atomic E-state index is -3.81. The second-order valence-electron chi connectivity index (χ2n) is 4.35. The summed E-state index contributed by atoms with van der Waals surface area (Å²) in [5, 5.41) is 7.44. The van der Waals surface area contributed by atoms with E-state index in [0.29, 0.717) is 5.69 Å². The van der Waals surface area contributed by atoms with Crippen LogP contribution in [0.15, 0.2) is 52.0 Å². The van der Waals surface area contributed by atoms with Crippen molar-refractivity contribution in [3.8, 4) is 0 Å². The van der Waals surface area contributed by atoms with Gasteiger partial charge in [-0.2, -0.15) is 5.10 Å². The number of benzene rings is 2. The Labute approximate surface area is 128 Å². The molecule has 2 N–H and O–H groups in total. The van der Waals surface area contributed by atoms with Crippen molar-refractivity contribution in [2.75, 3.05) is 4.72 Å². The maximum atomic E-state index is 13.0. The molecule has 0 aliphatic heterocycles. The van der Waals surface area contributed by atoms with E-state index in [-0.39, 0.29) is 9.37 Å². The molecule has 21 heavy (non-hydrogen) atoms. The molecule has 0 saturated heterocycles. The van der Waals surface area contributed by atoms with Gasteiger partial charge in [0.25, 0.3) is 10.0 Å². The molecule has 0 bridgehead atoms. The van der Waals surface area contributed by atoms with Crippen LogP contribution in [0.25, 0.3) is 10.9 Å². The Balaban J connectivity index is 1.98. The van der Waals surface area contributed by atoms with E-state index in [2.05, 4.69) is 30.8 Å². The molecule has 0 saturated carbocycles. The predicted octanol–water partition coefficient (Wildman–Crippen LogP) is 3.27. The standard InChI is InChI=1S/C13H9BrFN3O2S/c14-11-6-9(15)1-4-13(11)21(19,20)18-10-2-3-12-8(5-10)7-16-17-12/h1-7,18H,(H,16,17). The smallest absolute Gasteiger partial charge is 0.263 e. The summed E-state index contributed by atoms with van der Waals surface area (Å²) >= 11 is 3.06. The molecule has 1 heterocycles. The molecule has 0 spiro atoms. The van der Waals surface area contributed by atoms with Gasteiger partial charge in [-0.3, -0.25) is 9.82 Å². The van der Waals surface area contributed by atoms with Crippen LogP contribution in [0.4, 0.5) is 10.1 Å². The number of halogens is 2. The van der Waals surface area contributed by atoms with E-state index >= 15 is 0 Å². The van der Waals surface area contributed by atoms with Crippen molar-refractivity contribution in [3.05, 3.63) is 52.9 Å². The molecule has 0 amide bonds. The number of fused-ring (bicyclic) bond motifs is 1. The van der Waals surface area contributed by atoms with Crippen LogP contribution in [0.5, 0.6) is 0 Å². The first-order chi connectivity index (χ1) is 9.95. The van der Waals surface area contributed by atoms with E-state index in [4.69, 9.17) is 0 Å². The van der Waals surface area contributed by atoms with Gasteiger partial charge in [0.1, 0.15) is 10.7 Å². The van der Waals surface area contributed by atoms with E-state index in [1.54, 1.807) is 24.4 Å². The first-order valence-corrected chi connectivity index (χ1v) is 8.14. The summed E-state index contributed by atoms with van der Waals surface area (Å²) in [7, 11) is -3.81. The Bertz CT molecular complexity index is 924. The molecule has 0 aliphatic carbocycles. The summed E-state index contributed by atoms with van der Waals surface area (Å²) in [5.74, 6) is -0.513. The Morgan fingerprint density at radius 2 is 2.00 bits per heavy atom. The molecule has 1 aromatic heterocycles. The van der Waals surface area contributed by atoms with Gasteiger partial charge in [-0.05, 0) is 52.3 Å². The SMILES string of the molecule is O=S(=O)(Nc1ccc2[nH]ncc2c1)c1ccc(F)cc1Br. The third-order valence-electron chi connectivity index (χ3n) is 2.88. The quantitative estimate of drug-likeness (QED) is 0.743. The van der Waals surface area contributed by atoms with Crippen LogP contribution in [0.2, 0.25) is 0 Å². The number of H-pyrrole nitrogens is 1. The minimum Gasteiger partial charge on any atom is -0.280 e. The second kappa shape index (κ2) is 5.12. The average molecular weight is 370 g/mol. The van der Waals surface area contributed by atoms with Gasteiger partial charge in [0, 0.05) is 15.5 Å². The lowest BCUT2D eigenvalue weighted by molar-refractivity contribution is 0.599. The fourth-order valence-corrected chi connectivity index (χ4v) is 4.01. The first-order valence-electron chi connectivity index (χ1n) is 5.87. The summed E-state index contributed by atoms with van der Waals surface area (Å²) in [4.78, 5) is -0.0313. The van der Waals surface area contributed by atoms with Crippen molar-refractivity contribution in [3.63, 3.8) is 0 Å². The molecule has 108 valence electrons. The molecule has 0 fully saturated rings. The number of nitrogens with zero attached hydrogens (tertiary/aromatic N) is 1. The zero-order valence-corrected chi connectivity index (χ0v) is 12.9. The fourth-order valence-electron chi connectivity index (χ4n) is 1.91. The molecule has 0 radical (unpaired) electrons. The number of sulfonamides is 1. The van der Waals surface area contributed by atoms with Crippen molar-refractivity contribution in [1.82, 2.24) is 10.2 Å². The minimum absolute atomic E-state index is 0.0313. The van der Waals surface area contributed by atoms with E-state index < -0.39 is 15.8 Å². The Morgan fingerprint density at radius 3 is 2.76 bits per heavy atom. The van der Waals surface area contributed by atoms with Crippen molar-refractivity contribution in [1.29, 1.82) is 0 Å². The highest BCUT2D eigenvalue weighted by Crippen LogP contribution is 2.26. The summed E-state index contributed by atoms with van der Waals surface area (Å²) in [5.41, 5.74) is 1.21. The largest absolute Gasteiger partial charge is 0.280 e. The van der Waals surface area contributed by atoms with Gasteiger partial charge < -0.3 is 0 Å². The topological polar surface area (TPSA) is 74.8 Å². The highest BCUT2D eigenvalue weighted by molar-refractivity contribution is 9.10. The molecule has 3 aromatic rings. The van der Waals surface area contributed by atoms with Gasteiger partial charge in [-0.1, -0.05) is 0 Å². The number of hydrogen-bond donors (Lipinski definition) is 2. The lowest BCUT2D eigenvalue weighted by Crippen LogP contribution is -2.13. The van der Waals surface area contributed by atoms with E-state index in [0.717, 1.165) is 23.0 Å². The number of aromatic nitrogens is 2. The summed E-state index contributed by atoms with van der Waals surface area (Å²) in [6, 6.07) is 8.41. The van der Waals surface area contributed by atoms with Gasteiger partial charge in [-0.25, -0.2) is 12.8 Å². The molecule has 0 unspecified atom stereocenters.